The summed E-state index contributed by atoms with van der Waals surface area (Å²) in [5, 5.41) is 3.39. The van der Waals surface area contributed by atoms with E-state index in [4.69, 9.17) is 10.5 Å². The molecule has 0 bridgehead atoms. The van der Waals surface area contributed by atoms with Crippen molar-refractivity contribution < 1.29 is 4.74 Å². The van der Waals surface area contributed by atoms with Crippen molar-refractivity contribution in [3.63, 3.8) is 0 Å². The number of aromatic nitrogens is 1. The lowest BCUT2D eigenvalue weighted by molar-refractivity contribution is 0.402. The molecule has 1 fully saturated rings. The van der Waals surface area contributed by atoms with Gasteiger partial charge in [0, 0.05) is 12.1 Å². The molecule has 1 aliphatic rings. The van der Waals surface area contributed by atoms with Gasteiger partial charge in [0.15, 0.2) is 0 Å². The molecule has 1 aromatic rings. The summed E-state index contributed by atoms with van der Waals surface area (Å²) in [6, 6.07) is 4.44. The molecule has 1 aliphatic carbocycles. The quantitative estimate of drug-likeness (QED) is 0.816. The lowest BCUT2D eigenvalue weighted by Crippen LogP contribution is -2.42. The molecular weight excluding hydrogens is 202 g/mol. The van der Waals surface area contributed by atoms with Crippen molar-refractivity contribution in [1.82, 2.24) is 4.98 Å². The molecule has 0 amide bonds. The fraction of sp³-hybridized carbons (Fsp3) is 0.583. The van der Waals surface area contributed by atoms with Crippen molar-refractivity contribution >= 4 is 5.82 Å². The summed E-state index contributed by atoms with van der Waals surface area (Å²) in [6.45, 7) is 0. The van der Waals surface area contributed by atoms with Gasteiger partial charge in [0.1, 0.15) is 11.6 Å². The SMILES string of the molecule is COc1ccc(NC2CCCCC2N)nc1. The van der Waals surface area contributed by atoms with Gasteiger partial charge in [-0.05, 0) is 25.0 Å². The molecule has 4 nitrogen and oxygen atoms in total. The maximum Gasteiger partial charge on any atom is 0.137 e. The van der Waals surface area contributed by atoms with Crippen LogP contribution in [0.4, 0.5) is 5.82 Å². The van der Waals surface area contributed by atoms with Crippen molar-refractivity contribution in [3.05, 3.63) is 18.3 Å². The zero-order chi connectivity index (χ0) is 11.4. The van der Waals surface area contributed by atoms with E-state index in [1.807, 2.05) is 12.1 Å². The average Bonchev–Trinajstić information content (AvgIpc) is 2.33. The molecule has 1 heterocycles. The van der Waals surface area contributed by atoms with Crippen LogP contribution in [0.15, 0.2) is 18.3 Å². The highest BCUT2D eigenvalue weighted by atomic mass is 16.5. The number of ether oxygens (including phenoxy) is 1. The van der Waals surface area contributed by atoms with E-state index < -0.39 is 0 Å². The van der Waals surface area contributed by atoms with E-state index in [2.05, 4.69) is 10.3 Å². The Kier molecular flexibility index (Phi) is 3.62. The van der Waals surface area contributed by atoms with Gasteiger partial charge in [-0.2, -0.15) is 0 Å². The molecule has 3 N–H and O–H groups in total. The number of anilines is 1. The molecule has 2 unspecified atom stereocenters. The van der Waals surface area contributed by atoms with Crippen LogP contribution >= 0.6 is 0 Å². The minimum Gasteiger partial charge on any atom is -0.495 e. The lowest BCUT2D eigenvalue weighted by Gasteiger charge is -2.29. The number of hydrogen-bond acceptors (Lipinski definition) is 4. The van der Waals surface area contributed by atoms with Gasteiger partial charge in [0.25, 0.3) is 0 Å². The molecule has 1 saturated carbocycles. The summed E-state index contributed by atoms with van der Waals surface area (Å²) >= 11 is 0. The Bertz CT molecular complexity index is 326. The number of rotatable bonds is 3. The number of nitrogens with two attached hydrogens (primary N) is 1. The van der Waals surface area contributed by atoms with Crippen molar-refractivity contribution in [2.24, 2.45) is 5.73 Å². The van der Waals surface area contributed by atoms with Crippen LogP contribution in [0, 0.1) is 0 Å². The fourth-order valence-corrected chi connectivity index (χ4v) is 2.12. The van der Waals surface area contributed by atoms with Gasteiger partial charge in [-0.3, -0.25) is 0 Å². The standard InChI is InChI=1S/C12H19N3O/c1-16-9-6-7-12(14-8-9)15-11-5-3-2-4-10(11)13/h6-8,10-11H,2-5,13H2,1H3,(H,14,15). The molecule has 0 aliphatic heterocycles. The van der Waals surface area contributed by atoms with E-state index in [0.29, 0.717) is 6.04 Å². The predicted molar refractivity (Wildman–Crippen MR) is 64.6 cm³/mol. The van der Waals surface area contributed by atoms with Gasteiger partial charge in [-0.25, -0.2) is 4.98 Å². The van der Waals surface area contributed by atoms with Crippen LogP contribution in [-0.4, -0.2) is 24.2 Å². The molecule has 0 aromatic carbocycles. The highest BCUT2D eigenvalue weighted by Crippen LogP contribution is 2.20. The Hall–Kier alpha value is -1.29. The zero-order valence-corrected chi connectivity index (χ0v) is 9.65. The summed E-state index contributed by atoms with van der Waals surface area (Å²) in [7, 11) is 1.64. The molecule has 1 aromatic heterocycles. The maximum atomic E-state index is 6.07. The third-order valence-corrected chi connectivity index (χ3v) is 3.12. The van der Waals surface area contributed by atoms with Gasteiger partial charge in [0.2, 0.25) is 0 Å². The summed E-state index contributed by atoms with van der Waals surface area (Å²) in [5.74, 6) is 1.65. The first-order chi connectivity index (χ1) is 7.79. The van der Waals surface area contributed by atoms with Crippen molar-refractivity contribution in [2.45, 2.75) is 37.8 Å². The van der Waals surface area contributed by atoms with Gasteiger partial charge >= 0.3 is 0 Å². The molecule has 2 atom stereocenters. The third kappa shape index (κ3) is 2.64. The number of hydrogen-bond donors (Lipinski definition) is 2. The average molecular weight is 221 g/mol. The normalized spacial score (nSPS) is 25.1. The second-order valence-corrected chi connectivity index (χ2v) is 4.28. The highest BCUT2D eigenvalue weighted by Gasteiger charge is 2.21. The van der Waals surface area contributed by atoms with Crippen LogP contribution in [-0.2, 0) is 0 Å². The number of nitrogens with zero attached hydrogens (tertiary/aromatic N) is 1. The zero-order valence-electron chi connectivity index (χ0n) is 9.65. The third-order valence-electron chi connectivity index (χ3n) is 3.12. The lowest BCUT2D eigenvalue weighted by atomic mass is 9.91. The van der Waals surface area contributed by atoms with Crippen LogP contribution in [0.1, 0.15) is 25.7 Å². The Labute approximate surface area is 96.2 Å². The molecule has 2 rings (SSSR count). The van der Waals surface area contributed by atoms with Gasteiger partial charge in [-0.1, -0.05) is 12.8 Å². The molecule has 16 heavy (non-hydrogen) atoms. The molecule has 4 heteroatoms. The van der Waals surface area contributed by atoms with Crippen LogP contribution < -0.4 is 15.8 Å². The molecule has 0 radical (unpaired) electrons. The van der Waals surface area contributed by atoms with Gasteiger partial charge in [0.05, 0.1) is 13.3 Å². The largest absolute Gasteiger partial charge is 0.495 e. The highest BCUT2D eigenvalue weighted by molar-refractivity contribution is 5.38. The van der Waals surface area contributed by atoms with Gasteiger partial charge < -0.3 is 15.8 Å². The van der Waals surface area contributed by atoms with Crippen LogP contribution in [0.2, 0.25) is 0 Å². The topological polar surface area (TPSA) is 60.2 Å². The second kappa shape index (κ2) is 5.16. The number of nitrogens with one attached hydrogen (secondary N) is 1. The van der Waals surface area contributed by atoms with Crippen LogP contribution in [0.25, 0.3) is 0 Å². The minimum absolute atomic E-state index is 0.248. The monoisotopic (exact) mass is 221 g/mol. The van der Waals surface area contributed by atoms with E-state index in [0.717, 1.165) is 24.4 Å². The van der Waals surface area contributed by atoms with Crippen molar-refractivity contribution in [1.29, 1.82) is 0 Å². The molecular formula is C12H19N3O. The Morgan fingerprint density at radius 1 is 1.38 bits per heavy atom. The van der Waals surface area contributed by atoms with E-state index >= 15 is 0 Å². The van der Waals surface area contributed by atoms with Crippen molar-refractivity contribution in [3.8, 4) is 5.75 Å². The van der Waals surface area contributed by atoms with Crippen molar-refractivity contribution in [2.75, 3.05) is 12.4 Å². The smallest absolute Gasteiger partial charge is 0.137 e. The van der Waals surface area contributed by atoms with Gasteiger partial charge in [-0.15, -0.1) is 0 Å². The maximum absolute atomic E-state index is 6.07. The minimum atomic E-state index is 0.248. The van der Waals surface area contributed by atoms with Crippen LogP contribution in [0.3, 0.4) is 0 Å². The first-order valence-corrected chi connectivity index (χ1v) is 5.82. The van der Waals surface area contributed by atoms with E-state index in [9.17, 15) is 0 Å². The predicted octanol–water partition coefficient (Wildman–Crippen LogP) is 1.77. The van der Waals surface area contributed by atoms with E-state index in [1.165, 1.54) is 12.8 Å². The summed E-state index contributed by atoms with van der Waals surface area (Å²) < 4.78 is 5.07. The number of methoxy groups -OCH3 is 1. The summed E-state index contributed by atoms with van der Waals surface area (Å²) in [4.78, 5) is 4.29. The molecule has 0 saturated heterocycles. The first-order valence-electron chi connectivity index (χ1n) is 5.82. The van der Waals surface area contributed by atoms with E-state index in [1.54, 1.807) is 13.3 Å². The van der Waals surface area contributed by atoms with E-state index in [-0.39, 0.29) is 6.04 Å². The fourth-order valence-electron chi connectivity index (χ4n) is 2.12. The second-order valence-electron chi connectivity index (χ2n) is 4.28. The summed E-state index contributed by atoms with van der Waals surface area (Å²) in [6.07, 6.45) is 6.45. The Morgan fingerprint density at radius 2 is 2.19 bits per heavy atom. The van der Waals surface area contributed by atoms with Crippen LogP contribution in [0.5, 0.6) is 5.75 Å². The summed E-state index contributed by atoms with van der Waals surface area (Å²) in [5.41, 5.74) is 6.07. The first kappa shape index (κ1) is 11.2. The molecule has 0 spiro atoms. The number of pyridine rings is 1. The Morgan fingerprint density at radius 3 is 2.81 bits per heavy atom. The Balaban J connectivity index is 1.96. The molecule has 88 valence electrons.